The van der Waals surface area contributed by atoms with Gasteiger partial charge in [-0.05, 0) is 62.6 Å². The quantitative estimate of drug-likeness (QED) is 0.629. The molecule has 2 aliphatic rings. The van der Waals surface area contributed by atoms with E-state index < -0.39 is 29.9 Å². The first-order chi connectivity index (χ1) is 15.3. The topological polar surface area (TPSA) is 81.8 Å². The number of rotatable bonds is 5. The highest BCUT2D eigenvalue weighted by atomic mass is 35.5. The van der Waals surface area contributed by atoms with E-state index in [1.54, 1.807) is 19.1 Å². The summed E-state index contributed by atoms with van der Waals surface area (Å²) in [6.07, 6.45) is 3.63. The van der Waals surface area contributed by atoms with Crippen molar-refractivity contribution in [3.63, 3.8) is 0 Å². The summed E-state index contributed by atoms with van der Waals surface area (Å²) < 4.78 is 0. The van der Waals surface area contributed by atoms with Crippen LogP contribution in [-0.2, 0) is 15.1 Å². The molecule has 2 heterocycles. The van der Waals surface area contributed by atoms with Gasteiger partial charge in [0, 0.05) is 40.1 Å². The van der Waals surface area contributed by atoms with Crippen LogP contribution in [0.1, 0.15) is 31.7 Å². The number of amides is 4. The molecule has 2 aliphatic heterocycles. The van der Waals surface area contributed by atoms with Gasteiger partial charge in [-0.2, -0.15) is 0 Å². The molecule has 7 nitrogen and oxygen atoms in total. The highest BCUT2D eigenvalue weighted by Crippen LogP contribution is 2.35. The number of piperidine rings is 1. The number of carbonyl (C=O) groups excluding carboxylic acids is 3. The molecule has 1 atom stereocenters. The molecule has 0 saturated carbocycles. The standard InChI is InChI=1S/C23H24Cl2N4O3/c1-23(18-10-5-15(24)13-19(18)25)21(31)29(22(32)27-23)14-20(30)26-16-6-8-17(9-7-16)28-11-3-2-4-12-28/h5-10,13H,2-4,11-12,14H2,1H3,(H,26,30)(H,27,32). The zero-order chi connectivity index (χ0) is 22.9. The van der Waals surface area contributed by atoms with Crippen LogP contribution < -0.4 is 15.5 Å². The minimum atomic E-state index is -1.38. The van der Waals surface area contributed by atoms with Crippen molar-refractivity contribution in [2.75, 3.05) is 29.9 Å². The molecule has 1 unspecified atom stereocenters. The first-order valence-corrected chi connectivity index (χ1v) is 11.3. The maximum atomic E-state index is 13.0. The Morgan fingerprint density at radius 2 is 1.75 bits per heavy atom. The number of benzene rings is 2. The minimum Gasteiger partial charge on any atom is -0.372 e. The van der Waals surface area contributed by atoms with Gasteiger partial charge in [-0.1, -0.05) is 29.3 Å². The Kier molecular flexibility index (Phi) is 6.31. The second kappa shape index (κ2) is 9.00. The first-order valence-electron chi connectivity index (χ1n) is 10.5. The van der Waals surface area contributed by atoms with Crippen molar-refractivity contribution in [2.24, 2.45) is 0 Å². The Hall–Kier alpha value is -2.77. The van der Waals surface area contributed by atoms with E-state index in [2.05, 4.69) is 15.5 Å². The van der Waals surface area contributed by atoms with Crippen molar-refractivity contribution < 1.29 is 14.4 Å². The number of carbonyl (C=O) groups is 3. The number of nitrogens with one attached hydrogen (secondary N) is 2. The van der Waals surface area contributed by atoms with Crippen molar-refractivity contribution in [1.82, 2.24) is 10.2 Å². The third-order valence-corrected chi connectivity index (χ3v) is 6.47. The molecule has 0 aliphatic carbocycles. The molecule has 2 fully saturated rings. The Morgan fingerprint density at radius 3 is 2.41 bits per heavy atom. The van der Waals surface area contributed by atoms with Crippen LogP contribution in [0.3, 0.4) is 0 Å². The second-order valence-corrected chi connectivity index (χ2v) is 9.06. The summed E-state index contributed by atoms with van der Waals surface area (Å²) in [5.41, 5.74) is 0.756. The van der Waals surface area contributed by atoms with Crippen LogP contribution in [0.5, 0.6) is 0 Å². The lowest BCUT2D eigenvalue weighted by Gasteiger charge is -2.28. The van der Waals surface area contributed by atoms with Crippen molar-refractivity contribution in [2.45, 2.75) is 31.7 Å². The van der Waals surface area contributed by atoms with E-state index >= 15 is 0 Å². The minimum absolute atomic E-state index is 0.258. The Labute approximate surface area is 196 Å². The summed E-state index contributed by atoms with van der Waals surface area (Å²) >= 11 is 12.2. The van der Waals surface area contributed by atoms with Gasteiger partial charge in [-0.3, -0.25) is 14.5 Å². The molecular formula is C23H24Cl2N4O3. The molecule has 9 heteroatoms. The lowest BCUT2D eigenvalue weighted by molar-refractivity contribution is -0.133. The van der Waals surface area contributed by atoms with E-state index in [1.807, 2.05) is 24.3 Å². The third kappa shape index (κ3) is 4.40. The molecule has 4 rings (SSSR count). The van der Waals surface area contributed by atoms with Gasteiger partial charge in [0.15, 0.2) is 0 Å². The van der Waals surface area contributed by atoms with Gasteiger partial charge in [0.25, 0.3) is 5.91 Å². The SMILES string of the molecule is CC1(c2ccc(Cl)cc2Cl)NC(=O)N(CC(=O)Nc2ccc(N3CCCCC3)cc2)C1=O. The van der Waals surface area contributed by atoms with Crippen molar-refractivity contribution in [3.05, 3.63) is 58.1 Å². The molecule has 2 aromatic carbocycles. The van der Waals surface area contributed by atoms with Crippen LogP contribution in [0.15, 0.2) is 42.5 Å². The normalized spacial score (nSPS) is 21.0. The number of hydrogen-bond acceptors (Lipinski definition) is 4. The predicted octanol–water partition coefficient (Wildman–Crippen LogP) is 4.39. The van der Waals surface area contributed by atoms with Crippen molar-refractivity contribution in [1.29, 1.82) is 0 Å². The summed E-state index contributed by atoms with van der Waals surface area (Å²) in [5.74, 6) is -1.02. The molecule has 168 valence electrons. The van der Waals surface area contributed by atoms with E-state index in [1.165, 1.54) is 25.3 Å². The highest BCUT2D eigenvalue weighted by Gasteiger charge is 2.50. The third-order valence-electron chi connectivity index (χ3n) is 5.92. The second-order valence-electron chi connectivity index (χ2n) is 8.21. The van der Waals surface area contributed by atoms with E-state index in [-0.39, 0.29) is 5.02 Å². The van der Waals surface area contributed by atoms with Crippen molar-refractivity contribution >= 4 is 52.4 Å². The van der Waals surface area contributed by atoms with E-state index in [0.717, 1.165) is 23.7 Å². The molecule has 0 radical (unpaired) electrons. The summed E-state index contributed by atoms with van der Waals surface area (Å²) in [6.45, 7) is 3.22. The fourth-order valence-electron chi connectivity index (χ4n) is 4.17. The molecule has 2 N–H and O–H groups in total. The van der Waals surface area contributed by atoms with Crippen LogP contribution in [0.25, 0.3) is 0 Å². The zero-order valence-corrected chi connectivity index (χ0v) is 19.2. The van der Waals surface area contributed by atoms with Crippen LogP contribution in [0, 0.1) is 0 Å². The van der Waals surface area contributed by atoms with Crippen LogP contribution in [-0.4, -0.2) is 42.4 Å². The molecule has 4 amide bonds. The maximum absolute atomic E-state index is 13.0. The number of anilines is 2. The maximum Gasteiger partial charge on any atom is 0.325 e. The van der Waals surface area contributed by atoms with Crippen molar-refractivity contribution in [3.8, 4) is 0 Å². The average Bonchev–Trinajstić information content (AvgIpc) is 2.98. The van der Waals surface area contributed by atoms with Crippen LogP contribution in [0.4, 0.5) is 16.2 Å². The highest BCUT2D eigenvalue weighted by molar-refractivity contribution is 6.35. The number of imide groups is 1. The number of hydrogen-bond donors (Lipinski definition) is 2. The number of nitrogens with zero attached hydrogens (tertiary/aromatic N) is 2. The summed E-state index contributed by atoms with van der Waals surface area (Å²) in [6, 6.07) is 11.6. The largest absolute Gasteiger partial charge is 0.372 e. The molecule has 32 heavy (non-hydrogen) atoms. The summed E-state index contributed by atoms with van der Waals surface area (Å²) in [5, 5.41) is 6.07. The average molecular weight is 475 g/mol. The Morgan fingerprint density at radius 1 is 1.06 bits per heavy atom. The van der Waals surface area contributed by atoms with Gasteiger partial charge in [-0.15, -0.1) is 0 Å². The fraction of sp³-hybridized carbons (Fsp3) is 0.348. The number of halogens is 2. The van der Waals surface area contributed by atoms with Gasteiger partial charge in [0.2, 0.25) is 5.91 Å². The first kappa shape index (κ1) is 22.4. The van der Waals surface area contributed by atoms with Crippen LogP contribution >= 0.6 is 23.2 Å². The van der Waals surface area contributed by atoms with E-state index in [0.29, 0.717) is 16.3 Å². The van der Waals surface area contributed by atoms with E-state index in [9.17, 15) is 14.4 Å². The predicted molar refractivity (Wildman–Crippen MR) is 125 cm³/mol. The zero-order valence-electron chi connectivity index (χ0n) is 17.7. The van der Waals surface area contributed by atoms with Gasteiger partial charge < -0.3 is 15.5 Å². The lowest BCUT2D eigenvalue weighted by Crippen LogP contribution is -2.42. The Balaban J connectivity index is 1.42. The molecular weight excluding hydrogens is 451 g/mol. The fourth-order valence-corrected chi connectivity index (χ4v) is 4.77. The van der Waals surface area contributed by atoms with Gasteiger partial charge in [-0.25, -0.2) is 4.79 Å². The molecule has 0 bridgehead atoms. The molecule has 2 saturated heterocycles. The summed E-state index contributed by atoms with van der Waals surface area (Å²) in [7, 11) is 0. The number of urea groups is 1. The monoisotopic (exact) mass is 474 g/mol. The van der Waals surface area contributed by atoms with Gasteiger partial charge in [0.05, 0.1) is 0 Å². The lowest BCUT2D eigenvalue weighted by atomic mass is 9.92. The molecule has 0 aromatic heterocycles. The smallest absolute Gasteiger partial charge is 0.325 e. The summed E-state index contributed by atoms with van der Waals surface area (Å²) in [4.78, 5) is 41.3. The van der Waals surface area contributed by atoms with Crippen LogP contribution in [0.2, 0.25) is 10.0 Å². The van der Waals surface area contributed by atoms with E-state index in [4.69, 9.17) is 23.2 Å². The van der Waals surface area contributed by atoms with Gasteiger partial charge in [0.1, 0.15) is 12.1 Å². The molecule has 2 aromatic rings. The Bertz CT molecular complexity index is 1050. The van der Waals surface area contributed by atoms with Gasteiger partial charge >= 0.3 is 6.03 Å². The molecule has 0 spiro atoms.